The summed E-state index contributed by atoms with van der Waals surface area (Å²) in [7, 11) is 0. The molecule has 24 heavy (non-hydrogen) atoms. The van der Waals surface area contributed by atoms with Crippen LogP contribution in [-0.4, -0.2) is 28.7 Å². The molecule has 3 rings (SSSR count). The van der Waals surface area contributed by atoms with E-state index >= 15 is 0 Å². The van der Waals surface area contributed by atoms with Crippen molar-refractivity contribution in [3.8, 4) is 0 Å². The van der Waals surface area contributed by atoms with Gasteiger partial charge in [-0.05, 0) is 38.3 Å². The molecule has 0 saturated carbocycles. The standard InChI is InChI=1S/C12H8N2O2S.C5H11NO/c15-11-6-8-7-13-4-3-9(8)14(11)12(16)10-2-1-5-17-10;1-5(2,3)6-4-7/h1-5,7H,6H2;4H,1-3H3,(H,6,7). The van der Waals surface area contributed by atoms with Crippen LogP contribution >= 0.6 is 11.3 Å². The molecule has 0 spiro atoms. The highest BCUT2D eigenvalue weighted by Crippen LogP contribution is 2.29. The minimum atomic E-state index is -0.255. The Balaban J connectivity index is 0.000000256. The van der Waals surface area contributed by atoms with Crippen molar-refractivity contribution in [1.82, 2.24) is 10.3 Å². The van der Waals surface area contributed by atoms with Gasteiger partial charge in [-0.1, -0.05) is 6.07 Å². The maximum atomic E-state index is 12.2. The van der Waals surface area contributed by atoms with Crippen LogP contribution in [0.1, 0.15) is 36.0 Å². The van der Waals surface area contributed by atoms with E-state index in [0.717, 1.165) is 5.56 Å². The molecule has 1 aliphatic heterocycles. The second-order valence-electron chi connectivity index (χ2n) is 6.20. The molecule has 0 aromatic carbocycles. The van der Waals surface area contributed by atoms with Gasteiger partial charge in [-0.2, -0.15) is 0 Å². The summed E-state index contributed by atoms with van der Waals surface area (Å²) in [6.45, 7) is 5.80. The Kier molecular flexibility index (Phi) is 5.46. The van der Waals surface area contributed by atoms with Crippen molar-refractivity contribution >= 4 is 35.2 Å². The summed E-state index contributed by atoms with van der Waals surface area (Å²) >= 11 is 1.34. The highest BCUT2D eigenvalue weighted by Gasteiger charge is 2.33. The quantitative estimate of drug-likeness (QED) is 0.669. The fraction of sp³-hybridized carbons (Fsp3) is 0.294. The van der Waals surface area contributed by atoms with Gasteiger partial charge < -0.3 is 5.32 Å². The van der Waals surface area contributed by atoms with Crippen LogP contribution < -0.4 is 10.2 Å². The molecular weight excluding hydrogens is 326 g/mol. The van der Waals surface area contributed by atoms with Crippen LogP contribution in [0.2, 0.25) is 0 Å². The lowest BCUT2D eigenvalue weighted by Gasteiger charge is -2.15. The molecule has 0 saturated heterocycles. The number of carbonyl (C=O) groups excluding carboxylic acids is 3. The average molecular weight is 345 g/mol. The minimum absolute atomic E-state index is 0.0677. The monoisotopic (exact) mass is 345 g/mol. The van der Waals surface area contributed by atoms with E-state index in [1.807, 2.05) is 26.2 Å². The number of amides is 3. The third kappa shape index (κ3) is 4.26. The van der Waals surface area contributed by atoms with Gasteiger partial charge >= 0.3 is 0 Å². The van der Waals surface area contributed by atoms with Crippen LogP contribution in [0.25, 0.3) is 0 Å². The van der Waals surface area contributed by atoms with E-state index in [0.29, 0.717) is 17.0 Å². The number of hydrogen-bond acceptors (Lipinski definition) is 5. The number of aromatic nitrogens is 1. The number of anilines is 1. The molecule has 0 atom stereocenters. The summed E-state index contributed by atoms with van der Waals surface area (Å²) in [5.41, 5.74) is 1.40. The van der Waals surface area contributed by atoms with Gasteiger partial charge in [0.1, 0.15) is 0 Å². The van der Waals surface area contributed by atoms with Crippen LogP contribution in [0.5, 0.6) is 0 Å². The number of rotatable bonds is 2. The number of fused-ring (bicyclic) bond motifs is 1. The number of carbonyl (C=O) groups is 3. The van der Waals surface area contributed by atoms with E-state index in [2.05, 4.69) is 10.3 Å². The van der Waals surface area contributed by atoms with Gasteiger partial charge in [0, 0.05) is 23.5 Å². The zero-order valence-corrected chi connectivity index (χ0v) is 14.6. The van der Waals surface area contributed by atoms with Crippen molar-refractivity contribution in [1.29, 1.82) is 0 Å². The number of thiophene rings is 1. The lowest BCUT2D eigenvalue weighted by Crippen LogP contribution is -2.34. The first-order valence-electron chi connectivity index (χ1n) is 7.38. The molecule has 0 radical (unpaired) electrons. The summed E-state index contributed by atoms with van der Waals surface area (Å²) in [6, 6.07) is 5.22. The summed E-state index contributed by atoms with van der Waals surface area (Å²) < 4.78 is 0. The molecular formula is C17H19N3O3S. The molecule has 3 heterocycles. The molecule has 7 heteroatoms. The topological polar surface area (TPSA) is 79.4 Å². The van der Waals surface area contributed by atoms with E-state index < -0.39 is 0 Å². The van der Waals surface area contributed by atoms with Crippen molar-refractivity contribution in [3.63, 3.8) is 0 Å². The summed E-state index contributed by atoms with van der Waals surface area (Å²) in [5.74, 6) is -0.443. The van der Waals surface area contributed by atoms with Gasteiger partial charge in [0.25, 0.3) is 5.91 Å². The van der Waals surface area contributed by atoms with Crippen LogP contribution in [0, 0.1) is 0 Å². The lowest BCUT2D eigenvalue weighted by molar-refractivity contribution is -0.116. The molecule has 6 nitrogen and oxygen atoms in total. The Labute approximate surface area is 144 Å². The molecule has 1 N–H and O–H groups in total. The summed E-state index contributed by atoms with van der Waals surface area (Å²) in [5, 5.41) is 4.42. The highest BCUT2D eigenvalue weighted by molar-refractivity contribution is 7.12. The van der Waals surface area contributed by atoms with Gasteiger partial charge in [0.15, 0.2) is 0 Å². The number of hydrogen-bond donors (Lipinski definition) is 1. The smallest absolute Gasteiger partial charge is 0.275 e. The van der Waals surface area contributed by atoms with Gasteiger partial charge in [0.05, 0.1) is 17.0 Å². The van der Waals surface area contributed by atoms with E-state index in [9.17, 15) is 14.4 Å². The van der Waals surface area contributed by atoms with Gasteiger partial charge in [0.2, 0.25) is 12.3 Å². The Morgan fingerprint density at radius 3 is 2.67 bits per heavy atom. The van der Waals surface area contributed by atoms with Crippen molar-refractivity contribution in [2.45, 2.75) is 32.7 Å². The van der Waals surface area contributed by atoms with Crippen molar-refractivity contribution in [2.24, 2.45) is 0 Å². The lowest BCUT2D eigenvalue weighted by atomic mass is 10.1. The van der Waals surface area contributed by atoms with Crippen LogP contribution in [0.15, 0.2) is 36.0 Å². The molecule has 0 aliphatic carbocycles. The predicted molar refractivity (Wildman–Crippen MR) is 93.0 cm³/mol. The zero-order valence-electron chi connectivity index (χ0n) is 13.8. The normalized spacial score (nSPS) is 13.0. The Morgan fingerprint density at radius 2 is 2.12 bits per heavy atom. The van der Waals surface area contributed by atoms with E-state index in [1.54, 1.807) is 30.6 Å². The number of nitrogens with one attached hydrogen (secondary N) is 1. The van der Waals surface area contributed by atoms with E-state index in [1.165, 1.54) is 16.2 Å². The minimum Gasteiger partial charge on any atom is -0.354 e. The molecule has 1 aliphatic rings. The van der Waals surface area contributed by atoms with Crippen LogP contribution in [0.4, 0.5) is 5.69 Å². The molecule has 2 aromatic heterocycles. The molecule has 0 fully saturated rings. The fourth-order valence-electron chi connectivity index (χ4n) is 2.06. The summed E-state index contributed by atoms with van der Waals surface area (Å²) in [4.78, 5) is 39.5. The van der Waals surface area contributed by atoms with Gasteiger partial charge in [-0.3, -0.25) is 19.4 Å². The molecule has 3 amide bonds. The van der Waals surface area contributed by atoms with Crippen molar-refractivity contribution < 1.29 is 14.4 Å². The first kappa shape index (κ1) is 17.8. The number of nitrogens with zero attached hydrogens (tertiary/aromatic N) is 2. The van der Waals surface area contributed by atoms with Gasteiger partial charge in [-0.15, -0.1) is 11.3 Å². The highest BCUT2D eigenvalue weighted by atomic mass is 32.1. The molecule has 126 valence electrons. The van der Waals surface area contributed by atoms with Crippen molar-refractivity contribution in [3.05, 3.63) is 46.4 Å². The maximum absolute atomic E-state index is 12.2. The Hall–Kier alpha value is -2.54. The van der Waals surface area contributed by atoms with E-state index in [-0.39, 0.29) is 23.8 Å². The van der Waals surface area contributed by atoms with Gasteiger partial charge in [-0.25, -0.2) is 4.90 Å². The molecule has 0 unspecified atom stereocenters. The Bertz CT molecular complexity index is 736. The first-order chi connectivity index (χ1) is 11.3. The SMILES string of the molecule is CC(C)(C)NC=O.O=C1Cc2cnccc2N1C(=O)c1cccs1. The fourth-order valence-corrected chi connectivity index (χ4v) is 2.71. The summed E-state index contributed by atoms with van der Waals surface area (Å²) in [6.07, 6.45) is 4.18. The van der Waals surface area contributed by atoms with E-state index in [4.69, 9.17) is 0 Å². The first-order valence-corrected chi connectivity index (χ1v) is 8.26. The third-order valence-corrected chi connectivity index (χ3v) is 3.99. The second-order valence-corrected chi connectivity index (χ2v) is 7.15. The predicted octanol–water partition coefficient (Wildman–Crippen LogP) is 2.40. The number of imide groups is 1. The maximum Gasteiger partial charge on any atom is 0.275 e. The van der Waals surface area contributed by atoms with Crippen LogP contribution in [-0.2, 0) is 16.0 Å². The largest absolute Gasteiger partial charge is 0.354 e. The molecule has 0 bridgehead atoms. The zero-order chi connectivity index (χ0) is 17.7. The molecule has 2 aromatic rings. The van der Waals surface area contributed by atoms with Crippen LogP contribution in [0.3, 0.4) is 0 Å². The number of pyridine rings is 1. The average Bonchev–Trinajstić information content (AvgIpc) is 3.12. The third-order valence-electron chi connectivity index (χ3n) is 3.14. The Morgan fingerprint density at radius 1 is 1.38 bits per heavy atom. The van der Waals surface area contributed by atoms with Crippen molar-refractivity contribution in [2.75, 3.05) is 4.90 Å². The second kappa shape index (κ2) is 7.35.